The number of aromatic nitrogens is 3. The lowest BCUT2D eigenvalue weighted by atomic mass is 10.4. The largest absolute Gasteiger partial charge is 0.381 e. The van der Waals surface area contributed by atoms with Gasteiger partial charge in [0.2, 0.25) is 6.33 Å². The van der Waals surface area contributed by atoms with E-state index >= 15 is 0 Å². The van der Waals surface area contributed by atoms with Crippen LogP contribution in [0.25, 0.3) is 5.82 Å². The molecule has 0 bridgehead atoms. The predicted octanol–water partition coefficient (Wildman–Crippen LogP) is 1.97. The zero-order valence-corrected chi connectivity index (χ0v) is 8.43. The van der Waals surface area contributed by atoms with E-state index in [-0.39, 0.29) is 16.7 Å². The Labute approximate surface area is 93.5 Å². The summed E-state index contributed by atoms with van der Waals surface area (Å²) in [6.45, 7) is 0. The lowest BCUT2D eigenvalue weighted by Gasteiger charge is -2.00. The van der Waals surface area contributed by atoms with Crippen molar-refractivity contribution in [2.45, 2.75) is 0 Å². The molecule has 0 spiro atoms. The van der Waals surface area contributed by atoms with E-state index < -0.39 is 10.7 Å². The van der Waals surface area contributed by atoms with Crippen LogP contribution in [0.5, 0.6) is 0 Å². The second kappa shape index (κ2) is 3.86. The Morgan fingerprint density at radius 2 is 2.25 bits per heavy atom. The van der Waals surface area contributed by atoms with Crippen LogP contribution in [0.1, 0.15) is 0 Å². The van der Waals surface area contributed by atoms with Crippen LogP contribution in [0, 0.1) is 15.9 Å². The normalized spacial score (nSPS) is 10.4. The van der Waals surface area contributed by atoms with E-state index in [2.05, 4.69) is 9.97 Å². The third kappa shape index (κ3) is 1.84. The zero-order chi connectivity index (χ0) is 11.7. The molecular formula is C8H4ClFN4O2. The van der Waals surface area contributed by atoms with Crippen molar-refractivity contribution >= 4 is 17.4 Å². The maximum atomic E-state index is 13.4. The van der Waals surface area contributed by atoms with Gasteiger partial charge in [-0.15, -0.1) is 0 Å². The molecule has 6 nitrogen and oxygen atoms in total. The molecule has 0 saturated carbocycles. The van der Waals surface area contributed by atoms with Crippen LogP contribution in [-0.2, 0) is 0 Å². The van der Waals surface area contributed by atoms with E-state index in [1.807, 2.05) is 0 Å². The van der Waals surface area contributed by atoms with E-state index in [9.17, 15) is 14.5 Å². The fourth-order valence-corrected chi connectivity index (χ4v) is 1.26. The molecule has 0 aliphatic carbocycles. The fourth-order valence-electron chi connectivity index (χ4n) is 1.12. The third-order valence-corrected chi connectivity index (χ3v) is 2.00. The Morgan fingerprint density at radius 3 is 2.81 bits per heavy atom. The summed E-state index contributed by atoms with van der Waals surface area (Å²) in [4.78, 5) is 16.9. The highest BCUT2D eigenvalue weighted by molar-refractivity contribution is 6.30. The summed E-state index contributed by atoms with van der Waals surface area (Å²) in [7, 11) is 0. The summed E-state index contributed by atoms with van der Waals surface area (Å²) in [5.41, 5.74) is 0. The van der Waals surface area contributed by atoms with Crippen molar-refractivity contribution in [3.8, 4) is 5.82 Å². The van der Waals surface area contributed by atoms with Crippen LogP contribution in [-0.4, -0.2) is 19.5 Å². The second-order valence-corrected chi connectivity index (χ2v) is 3.29. The first-order valence-corrected chi connectivity index (χ1v) is 4.45. The molecule has 2 heterocycles. The van der Waals surface area contributed by atoms with Gasteiger partial charge in [0.15, 0.2) is 11.6 Å². The van der Waals surface area contributed by atoms with Crippen molar-refractivity contribution in [2.24, 2.45) is 0 Å². The van der Waals surface area contributed by atoms with Crippen molar-refractivity contribution in [3.05, 3.63) is 45.7 Å². The SMILES string of the molecule is O=[N+]([O-])c1cn(-c2ncc(Cl)cc2F)cn1. The molecule has 0 atom stereocenters. The lowest BCUT2D eigenvalue weighted by molar-refractivity contribution is -0.389. The highest BCUT2D eigenvalue weighted by atomic mass is 35.5. The number of rotatable bonds is 2. The minimum atomic E-state index is -0.681. The summed E-state index contributed by atoms with van der Waals surface area (Å²) < 4.78 is 14.5. The van der Waals surface area contributed by atoms with Crippen molar-refractivity contribution in [1.82, 2.24) is 14.5 Å². The van der Waals surface area contributed by atoms with Gasteiger partial charge in [-0.3, -0.25) is 4.57 Å². The number of hydrogen-bond donors (Lipinski definition) is 0. The summed E-state index contributed by atoms with van der Waals surface area (Å²) in [6.07, 6.45) is 3.42. The van der Waals surface area contributed by atoms with Crippen molar-refractivity contribution in [2.75, 3.05) is 0 Å². The molecule has 0 amide bonds. The molecule has 2 aromatic rings. The Morgan fingerprint density at radius 1 is 1.50 bits per heavy atom. The van der Waals surface area contributed by atoms with Gasteiger partial charge < -0.3 is 10.1 Å². The molecule has 16 heavy (non-hydrogen) atoms. The van der Waals surface area contributed by atoms with E-state index in [1.165, 1.54) is 6.20 Å². The third-order valence-electron chi connectivity index (χ3n) is 1.79. The number of pyridine rings is 1. The van der Waals surface area contributed by atoms with Gasteiger partial charge in [-0.1, -0.05) is 11.6 Å². The van der Waals surface area contributed by atoms with E-state index in [0.29, 0.717) is 0 Å². The Balaban J connectivity index is 2.46. The van der Waals surface area contributed by atoms with Gasteiger partial charge >= 0.3 is 5.82 Å². The number of nitro groups is 1. The molecule has 8 heteroatoms. The van der Waals surface area contributed by atoms with Gasteiger partial charge in [-0.2, -0.15) is 0 Å². The predicted molar refractivity (Wildman–Crippen MR) is 53.0 cm³/mol. The molecule has 0 aromatic carbocycles. The molecule has 0 aliphatic rings. The minimum absolute atomic E-state index is 0.0926. The molecule has 0 radical (unpaired) electrons. The maximum absolute atomic E-state index is 13.4. The molecule has 0 unspecified atom stereocenters. The summed E-state index contributed by atoms with van der Waals surface area (Å²) in [6, 6.07) is 1.07. The molecule has 0 aliphatic heterocycles. The quantitative estimate of drug-likeness (QED) is 0.596. The Kier molecular flexibility index (Phi) is 2.53. The second-order valence-electron chi connectivity index (χ2n) is 2.86. The number of halogens is 2. The minimum Gasteiger partial charge on any atom is -0.358 e. The van der Waals surface area contributed by atoms with Gasteiger partial charge in [0.05, 0.1) is 5.02 Å². The van der Waals surface area contributed by atoms with Crippen molar-refractivity contribution in [1.29, 1.82) is 0 Å². The molecule has 0 fully saturated rings. The zero-order valence-electron chi connectivity index (χ0n) is 7.67. The van der Waals surface area contributed by atoms with Gasteiger partial charge in [0, 0.05) is 6.20 Å². The summed E-state index contributed by atoms with van der Waals surface area (Å²) >= 11 is 5.52. The van der Waals surface area contributed by atoms with Crippen LogP contribution in [0.4, 0.5) is 10.2 Å². The van der Waals surface area contributed by atoms with Gasteiger partial charge in [-0.05, 0) is 16.0 Å². The van der Waals surface area contributed by atoms with Crippen LogP contribution in [0.15, 0.2) is 24.8 Å². The van der Waals surface area contributed by atoms with Gasteiger partial charge in [0.25, 0.3) is 0 Å². The lowest BCUT2D eigenvalue weighted by Crippen LogP contribution is -1.98. The summed E-state index contributed by atoms with van der Waals surface area (Å²) in [5, 5.41) is 10.5. The summed E-state index contributed by atoms with van der Waals surface area (Å²) in [5.74, 6) is -1.15. The Bertz CT molecular complexity index is 557. The van der Waals surface area contributed by atoms with E-state index in [1.54, 1.807) is 0 Å². The van der Waals surface area contributed by atoms with Gasteiger partial charge in [0.1, 0.15) is 6.20 Å². The smallest absolute Gasteiger partial charge is 0.358 e. The Hall–Kier alpha value is -2.02. The number of nitrogens with zero attached hydrogens (tertiary/aromatic N) is 4. The average Bonchev–Trinajstić information content (AvgIpc) is 2.66. The fraction of sp³-hybridized carbons (Fsp3) is 0. The van der Waals surface area contributed by atoms with Crippen molar-refractivity contribution < 1.29 is 9.31 Å². The van der Waals surface area contributed by atoms with Crippen LogP contribution in [0.2, 0.25) is 5.02 Å². The van der Waals surface area contributed by atoms with E-state index in [0.717, 1.165) is 23.2 Å². The number of imidazole rings is 1. The van der Waals surface area contributed by atoms with E-state index in [4.69, 9.17) is 11.6 Å². The topological polar surface area (TPSA) is 73.8 Å². The van der Waals surface area contributed by atoms with Crippen LogP contribution in [0.3, 0.4) is 0 Å². The standard InChI is InChI=1S/C8H4ClFN4O2/c9-5-1-6(10)8(11-2-5)13-3-7(12-4-13)14(15)16/h1-4H. The molecule has 2 aromatic heterocycles. The van der Waals surface area contributed by atoms with Crippen LogP contribution >= 0.6 is 11.6 Å². The monoisotopic (exact) mass is 242 g/mol. The molecule has 2 rings (SSSR count). The highest BCUT2D eigenvalue weighted by Crippen LogP contribution is 2.17. The molecular weight excluding hydrogens is 239 g/mol. The molecule has 0 saturated heterocycles. The van der Waals surface area contributed by atoms with Crippen LogP contribution < -0.4 is 0 Å². The van der Waals surface area contributed by atoms with Crippen molar-refractivity contribution in [3.63, 3.8) is 0 Å². The molecule has 82 valence electrons. The highest BCUT2D eigenvalue weighted by Gasteiger charge is 2.14. The maximum Gasteiger partial charge on any atom is 0.381 e. The number of hydrogen-bond acceptors (Lipinski definition) is 4. The van der Waals surface area contributed by atoms with Gasteiger partial charge in [-0.25, -0.2) is 9.37 Å². The first kappa shape index (κ1) is 10.5. The molecule has 0 N–H and O–H groups in total. The first-order chi connectivity index (χ1) is 7.58. The first-order valence-electron chi connectivity index (χ1n) is 4.08. The average molecular weight is 243 g/mol.